The lowest BCUT2D eigenvalue weighted by atomic mass is 10.3. The monoisotopic (exact) mass is 690 g/mol. The van der Waals surface area contributed by atoms with Crippen LogP contribution in [-0.4, -0.2) is 39.5 Å². The molecule has 0 fully saturated rings. The van der Waals surface area contributed by atoms with E-state index in [0.29, 0.717) is 21.8 Å². The van der Waals surface area contributed by atoms with Crippen LogP contribution in [0.15, 0.2) is 90.5 Å². The van der Waals surface area contributed by atoms with Crippen molar-refractivity contribution >= 4 is 72.6 Å². The van der Waals surface area contributed by atoms with Crippen molar-refractivity contribution in [3.63, 3.8) is 0 Å². The standard InChI is InChI=1S/C11H7ClN4.C11H8N4O.2C2H6.CH4.Cl3OP.FH/c12-10-9-6-15-16(11(9)14-7-13-10)8-4-2-1-3-5-8;16-11-9-6-14-15(10(9)12-7-13-11)8-4-2-1-3-5-8;2*1-2;;1-5(2,3)4;/h1-7H;1-7H,(H,12,13,16);2*1-2H3;1H4;;1H. The fourth-order valence-electron chi connectivity index (χ4n) is 3.19. The molecule has 2 aromatic carbocycles. The van der Waals surface area contributed by atoms with E-state index in [-0.39, 0.29) is 17.7 Å². The van der Waals surface area contributed by atoms with Crippen LogP contribution in [0.3, 0.4) is 0 Å². The molecule has 10 nitrogen and oxygen atoms in total. The molecule has 6 aromatic rings. The van der Waals surface area contributed by atoms with Crippen LogP contribution in [-0.2, 0) is 4.57 Å². The van der Waals surface area contributed by atoms with Crippen LogP contribution in [0.5, 0.6) is 0 Å². The molecule has 0 aliphatic rings. The zero-order valence-corrected chi connectivity index (χ0v) is 26.8. The molecule has 43 heavy (non-hydrogen) atoms. The summed E-state index contributed by atoms with van der Waals surface area (Å²) in [4.78, 5) is 26.2. The first kappa shape index (κ1) is 39.7. The molecular formula is C27H32Cl4FN8O2P. The Morgan fingerprint density at radius 2 is 1.14 bits per heavy atom. The van der Waals surface area contributed by atoms with E-state index >= 15 is 0 Å². The molecule has 16 heteroatoms. The summed E-state index contributed by atoms with van der Waals surface area (Å²) in [5, 5.41) is 6.87. The van der Waals surface area contributed by atoms with E-state index in [4.69, 9.17) is 11.6 Å². The fourth-order valence-corrected chi connectivity index (χ4v) is 3.36. The highest BCUT2D eigenvalue weighted by molar-refractivity contribution is 8.24. The smallest absolute Gasteiger partial charge is 0.312 e. The molecule has 0 atom stereocenters. The molecule has 0 spiro atoms. The van der Waals surface area contributed by atoms with Gasteiger partial charge in [-0.05, 0) is 58.0 Å². The number of fused-ring (bicyclic) bond motifs is 2. The second-order valence-corrected chi connectivity index (χ2v) is 14.1. The van der Waals surface area contributed by atoms with E-state index in [1.54, 1.807) is 15.6 Å². The second-order valence-electron chi connectivity index (χ2n) is 7.05. The summed E-state index contributed by atoms with van der Waals surface area (Å²) in [5.41, 5.74) is 2.94. The number of hydrogen-bond donors (Lipinski definition) is 1. The number of aromatic nitrogens is 8. The van der Waals surface area contributed by atoms with Crippen molar-refractivity contribution in [2.45, 2.75) is 35.1 Å². The quantitative estimate of drug-likeness (QED) is 0.142. The van der Waals surface area contributed by atoms with Gasteiger partial charge >= 0.3 is 5.20 Å². The molecule has 4 heterocycles. The highest BCUT2D eigenvalue weighted by Crippen LogP contribution is 2.61. The van der Waals surface area contributed by atoms with Gasteiger partial charge in [0.2, 0.25) is 0 Å². The third-order valence-corrected chi connectivity index (χ3v) is 4.99. The molecule has 0 unspecified atom stereocenters. The third-order valence-electron chi connectivity index (χ3n) is 4.69. The van der Waals surface area contributed by atoms with Gasteiger partial charge in [0.05, 0.1) is 35.5 Å². The van der Waals surface area contributed by atoms with Gasteiger partial charge in [0.1, 0.15) is 16.9 Å². The highest BCUT2D eigenvalue weighted by atomic mass is 36.0. The van der Waals surface area contributed by atoms with Gasteiger partial charge in [-0.2, -0.15) is 10.2 Å². The Bertz CT molecular complexity index is 1740. The lowest BCUT2D eigenvalue weighted by Gasteiger charge is -2.01. The minimum atomic E-state index is -3.22. The molecule has 0 amide bonds. The Balaban J connectivity index is 0.000000625. The van der Waals surface area contributed by atoms with Gasteiger partial charge in [-0.1, -0.05) is 83.1 Å². The SMILES string of the molecule is C.CC.CC.Clc1ncnc2c1cnn2-c1ccccc1.F.O=P(Cl)(Cl)Cl.O=c1[nH]cnc2c1cnn2-c1ccccc1. The molecule has 0 saturated carbocycles. The van der Waals surface area contributed by atoms with Gasteiger partial charge in [0, 0.05) is 0 Å². The third kappa shape index (κ3) is 11.7. The summed E-state index contributed by atoms with van der Waals surface area (Å²) < 4.78 is 12.9. The molecule has 0 radical (unpaired) electrons. The molecule has 1 N–H and O–H groups in total. The van der Waals surface area contributed by atoms with Crippen molar-refractivity contribution in [3.05, 3.63) is 101 Å². The predicted molar refractivity (Wildman–Crippen MR) is 178 cm³/mol. The molecule has 0 bridgehead atoms. The molecule has 4 aromatic heterocycles. The van der Waals surface area contributed by atoms with E-state index in [9.17, 15) is 9.36 Å². The van der Waals surface area contributed by atoms with Crippen LogP contribution in [0.1, 0.15) is 35.1 Å². The van der Waals surface area contributed by atoms with Gasteiger partial charge in [-0.25, -0.2) is 24.3 Å². The zero-order valence-electron chi connectivity index (χ0n) is 22.9. The van der Waals surface area contributed by atoms with Gasteiger partial charge in [-0.3, -0.25) is 14.1 Å². The van der Waals surface area contributed by atoms with Gasteiger partial charge in [-0.15, -0.1) is 0 Å². The lowest BCUT2D eigenvalue weighted by molar-refractivity contribution is 0.600. The maximum absolute atomic E-state index is 11.5. The van der Waals surface area contributed by atoms with E-state index in [1.165, 1.54) is 18.9 Å². The molecular weight excluding hydrogens is 660 g/mol. The first-order valence-corrected chi connectivity index (χ1v) is 17.1. The van der Waals surface area contributed by atoms with Crippen LogP contribution >= 0.6 is 50.5 Å². The average Bonchev–Trinajstić information content (AvgIpc) is 3.62. The Labute approximate surface area is 268 Å². The highest BCUT2D eigenvalue weighted by Gasteiger charge is 2.09. The van der Waals surface area contributed by atoms with Crippen molar-refractivity contribution in [1.29, 1.82) is 0 Å². The van der Waals surface area contributed by atoms with Crippen molar-refractivity contribution < 1.29 is 9.27 Å². The number of nitrogens with one attached hydrogen (secondary N) is 1. The topological polar surface area (TPSA) is 124 Å². The van der Waals surface area contributed by atoms with E-state index < -0.39 is 5.20 Å². The van der Waals surface area contributed by atoms with Gasteiger partial charge in [0.15, 0.2) is 11.3 Å². The summed E-state index contributed by atoms with van der Waals surface area (Å²) >= 11 is 19.8. The summed E-state index contributed by atoms with van der Waals surface area (Å²) in [7, 11) is 0. The summed E-state index contributed by atoms with van der Waals surface area (Å²) in [5.74, 6) is 0. The molecule has 0 aliphatic heterocycles. The maximum atomic E-state index is 11.5. The van der Waals surface area contributed by atoms with Crippen molar-refractivity contribution in [2.75, 3.05) is 0 Å². The molecule has 0 saturated heterocycles. The minimum absolute atomic E-state index is 0. The number of hydrogen-bond acceptors (Lipinski definition) is 7. The molecule has 0 aliphatic carbocycles. The number of aromatic amines is 1. The molecule has 6 rings (SSSR count). The van der Waals surface area contributed by atoms with Crippen molar-refractivity contribution in [3.8, 4) is 11.4 Å². The largest absolute Gasteiger partial charge is 0.339 e. The first-order chi connectivity index (χ1) is 19.7. The number of H-pyrrole nitrogens is 1. The number of para-hydroxylation sites is 2. The lowest BCUT2D eigenvalue weighted by Crippen LogP contribution is -2.06. The van der Waals surface area contributed by atoms with Crippen LogP contribution < -0.4 is 5.56 Å². The minimum Gasteiger partial charge on any atom is -0.312 e. The normalized spacial score (nSPS) is 9.67. The van der Waals surface area contributed by atoms with Crippen molar-refractivity contribution in [1.82, 2.24) is 39.5 Å². The summed E-state index contributed by atoms with van der Waals surface area (Å²) in [6, 6.07) is 19.4. The number of halogens is 5. The van der Waals surface area contributed by atoms with E-state index in [1.807, 2.05) is 88.4 Å². The zero-order chi connectivity index (χ0) is 30.4. The van der Waals surface area contributed by atoms with E-state index in [2.05, 4.69) is 63.9 Å². The fraction of sp³-hybridized carbons (Fsp3) is 0.185. The maximum Gasteiger partial charge on any atom is 0.339 e. The second kappa shape index (κ2) is 19.8. The summed E-state index contributed by atoms with van der Waals surface area (Å²) in [6.07, 6.45) is 6.01. The molecule has 232 valence electrons. The predicted octanol–water partition coefficient (Wildman–Crippen LogP) is 9.23. The Morgan fingerprint density at radius 1 is 0.721 bits per heavy atom. The van der Waals surface area contributed by atoms with Gasteiger partial charge in [0.25, 0.3) is 5.56 Å². The van der Waals surface area contributed by atoms with Crippen LogP contribution in [0, 0.1) is 0 Å². The first-order valence-electron chi connectivity index (χ1n) is 12.3. The van der Waals surface area contributed by atoms with E-state index in [0.717, 1.165) is 16.8 Å². The van der Waals surface area contributed by atoms with Crippen LogP contribution in [0.2, 0.25) is 5.15 Å². The summed E-state index contributed by atoms with van der Waals surface area (Å²) in [6.45, 7) is 8.00. The number of nitrogens with zero attached hydrogens (tertiary/aromatic N) is 7. The Morgan fingerprint density at radius 3 is 1.60 bits per heavy atom. The Hall–Kier alpha value is -3.34. The van der Waals surface area contributed by atoms with Crippen molar-refractivity contribution in [2.24, 2.45) is 0 Å². The Kier molecular flexibility index (Phi) is 18.2. The van der Waals surface area contributed by atoms with Crippen LogP contribution in [0.4, 0.5) is 4.70 Å². The number of benzene rings is 2. The van der Waals surface area contributed by atoms with Crippen LogP contribution in [0.25, 0.3) is 33.4 Å². The van der Waals surface area contributed by atoms with Gasteiger partial charge < -0.3 is 4.98 Å². The average molecular weight is 692 g/mol. The number of rotatable bonds is 2.